The summed E-state index contributed by atoms with van der Waals surface area (Å²) in [4.78, 5) is 11.7. The zero-order valence-corrected chi connectivity index (χ0v) is 13.2. The number of hydrogen-bond donors (Lipinski definition) is 2. The Kier molecular flexibility index (Phi) is 9.23. The number of nitrogens with one attached hydrogen (secondary N) is 2. The molecule has 0 aromatic carbocycles. The van der Waals surface area contributed by atoms with E-state index in [-0.39, 0.29) is 18.3 Å². The lowest BCUT2D eigenvalue weighted by atomic mass is 9.93. The van der Waals surface area contributed by atoms with Crippen LogP contribution in [-0.2, 0) is 9.53 Å². The van der Waals surface area contributed by atoms with Crippen LogP contribution in [0.25, 0.3) is 0 Å². The van der Waals surface area contributed by atoms with Gasteiger partial charge in [0.05, 0.1) is 0 Å². The highest BCUT2D eigenvalue weighted by Gasteiger charge is 2.20. The van der Waals surface area contributed by atoms with Gasteiger partial charge in [-0.1, -0.05) is 0 Å². The first-order chi connectivity index (χ1) is 9.34. The highest BCUT2D eigenvalue weighted by molar-refractivity contribution is 5.85. The summed E-state index contributed by atoms with van der Waals surface area (Å²) in [7, 11) is 0. The van der Waals surface area contributed by atoms with Gasteiger partial charge in [-0.15, -0.1) is 12.4 Å². The molecule has 118 valence electrons. The highest BCUT2D eigenvalue weighted by atomic mass is 35.5. The molecule has 2 rings (SSSR count). The van der Waals surface area contributed by atoms with Gasteiger partial charge in [-0.3, -0.25) is 4.79 Å². The van der Waals surface area contributed by atoms with Crippen molar-refractivity contribution < 1.29 is 9.53 Å². The van der Waals surface area contributed by atoms with E-state index in [4.69, 9.17) is 4.74 Å². The number of ether oxygens (including phenoxy) is 1. The second kappa shape index (κ2) is 10.4. The second-order valence-electron chi connectivity index (χ2n) is 5.95. The van der Waals surface area contributed by atoms with Gasteiger partial charge in [-0.25, -0.2) is 0 Å². The third-order valence-corrected chi connectivity index (χ3v) is 4.08. The third-order valence-electron chi connectivity index (χ3n) is 4.08. The number of halogens is 1. The van der Waals surface area contributed by atoms with E-state index >= 15 is 0 Å². The SMILES string of the molecule is Cl.O=C(CCC1CCNCC1)NCCCOCC1CC1. The molecule has 0 radical (unpaired) electrons. The lowest BCUT2D eigenvalue weighted by Gasteiger charge is -2.22. The molecule has 2 aliphatic rings. The predicted molar refractivity (Wildman–Crippen MR) is 83.2 cm³/mol. The van der Waals surface area contributed by atoms with Crippen LogP contribution in [0.5, 0.6) is 0 Å². The molecule has 5 heteroatoms. The third kappa shape index (κ3) is 8.08. The van der Waals surface area contributed by atoms with E-state index < -0.39 is 0 Å². The second-order valence-corrected chi connectivity index (χ2v) is 5.95. The molecule has 0 unspecified atom stereocenters. The van der Waals surface area contributed by atoms with Crippen LogP contribution in [-0.4, -0.2) is 38.8 Å². The molecular formula is C15H29ClN2O2. The fourth-order valence-electron chi connectivity index (χ4n) is 2.53. The molecule has 4 nitrogen and oxygen atoms in total. The Hall–Kier alpha value is -0.320. The summed E-state index contributed by atoms with van der Waals surface area (Å²) in [6, 6.07) is 0. The van der Waals surface area contributed by atoms with Crippen molar-refractivity contribution in [3.63, 3.8) is 0 Å². The largest absolute Gasteiger partial charge is 0.381 e. The zero-order chi connectivity index (χ0) is 13.3. The number of carbonyl (C=O) groups excluding carboxylic acids is 1. The number of rotatable bonds is 9. The fourth-order valence-corrected chi connectivity index (χ4v) is 2.53. The normalized spacial score (nSPS) is 19.4. The molecule has 1 saturated carbocycles. The van der Waals surface area contributed by atoms with Gasteiger partial charge in [0, 0.05) is 26.2 Å². The first kappa shape index (κ1) is 17.7. The van der Waals surface area contributed by atoms with Crippen LogP contribution in [0.4, 0.5) is 0 Å². The van der Waals surface area contributed by atoms with Crippen LogP contribution in [0, 0.1) is 11.8 Å². The van der Waals surface area contributed by atoms with E-state index in [1.807, 2.05) is 0 Å². The van der Waals surface area contributed by atoms with Crippen LogP contribution >= 0.6 is 12.4 Å². The summed E-state index contributed by atoms with van der Waals surface area (Å²) < 4.78 is 5.54. The van der Waals surface area contributed by atoms with Gasteiger partial charge in [0.25, 0.3) is 0 Å². The molecular weight excluding hydrogens is 276 g/mol. The van der Waals surface area contributed by atoms with Gasteiger partial charge < -0.3 is 15.4 Å². The van der Waals surface area contributed by atoms with E-state index in [1.54, 1.807) is 0 Å². The summed E-state index contributed by atoms with van der Waals surface area (Å²) >= 11 is 0. The number of carbonyl (C=O) groups is 1. The van der Waals surface area contributed by atoms with Gasteiger partial charge in [-0.2, -0.15) is 0 Å². The molecule has 0 atom stereocenters. The molecule has 2 fully saturated rings. The van der Waals surface area contributed by atoms with Crippen molar-refractivity contribution in [2.75, 3.05) is 32.8 Å². The predicted octanol–water partition coefficient (Wildman–Crippen LogP) is 2.12. The Bertz CT molecular complexity index is 267. The molecule has 1 saturated heterocycles. The van der Waals surface area contributed by atoms with Crippen LogP contribution in [0.1, 0.15) is 44.9 Å². The average Bonchev–Trinajstić information content (AvgIpc) is 3.26. The maximum absolute atomic E-state index is 11.7. The Morgan fingerprint density at radius 2 is 1.90 bits per heavy atom. The van der Waals surface area contributed by atoms with Crippen LogP contribution in [0.3, 0.4) is 0 Å². The summed E-state index contributed by atoms with van der Waals surface area (Å²) in [6.07, 6.45) is 7.80. The minimum absolute atomic E-state index is 0. The van der Waals surface area contributed by atoms with Crippen molar-refractivity contribution in [2.45, 2.75) is 44.9 Å². The number of amides is 1. The van der Waals surface area contributed by atoms with E-state index in [9.17, 15) is 4.79 Å². The Labute approximate surface area is 128 Å². The van der Waals surface area contributed by atoms with Gasteiger partial charge >= 0.3 is 0 Å². The van der Waals surface area contributed by atoms with Crippen LogP contribution in [0.2, 0.25) is 0 Å². The number of hydrogen-bond acceptors (Lipinski definition) is 3. The van der Waals surface area contributed by atoms with Crippen LogP contribution < -0.4 is 10.6 Å². The van der Waals surface area contributed by atoms with Crippen molar-refractivity contribution in [2.24, 2.45) is 11.8 Å². The summed E-state index contributed by atoms with van der Waals surface area (Å²) in [5.41, 5.74) is 0. The summed E-state index contributed by atoms with van der Waals surface area (Å²) in [5.74, 6) is 1.79. The minimum Gasteiger partial charge on any atom is -0.381 e. The smallest absolute Gasteiger partial charge is 0.220 e. The lowest BCUT2D eigenvalue weighted by Crippen LogP contribution is -2.30. The molecule has 2 N–H and O–H groups in total. The first-order valence-corrected chi connectivity index (χ1v) is 7.90. The molecule has 1 amide bonds. The quantitative estimate of drug-likeness (QED) is 0.642. The standard InChI is InChI=1S/C15H28N2O2.ClH/c18-15(5-4-13-6-9-16-10-7-13)17-8-1-11-19-12-14-2-3-14;/h13-14,16H,1-12H2,(H,17,18);1H. The average molecular weight is 305 g/mol. The van der Waals surface area contributed by atoms with E-state index in [0.717, 1.165) is 57.5 Å². The summed E-state index contributed by atoms with van der Waals surface area (Å²) in [5, 5.41) is 6.35. The van der Waals surface area contributed by atoms with Crippen molar-refractivity contribution >= 4 is 18.3 Å². The number of piperidine rings is 1. The van der Waals surface area contributed by atoms with Gasteiger partial charge in [-0.05, 0) is 63.5 Å². The maximum Gasteiger partial charge on any atom is 0.220 e. The van der Waals surface area contributed by atoms with Gasteiger partial charge in [0.15, 0.2) is 0 Å². The Balaban J connectivity index is 0.00000200. The molecule has 1 aliphatic carbocycles. The molecule has 0 spiro atoms. The van der Waals surface area contributed by atoms with Gasteiger partial charge in [0.2, 0.25) is 5.91 Å². The summed E-state index contributed by atoms with van der Waals surface area (Å²) in [6.45, 7) is 4.69. The van der Waals surface area contributed by atoms with Crippen molar-refractivity contribution in [3.8, 4) is 0 Å². The first-order valence-electron chi connectivity index (χ1n) is 7.90. The lowest BCUT2D eigenvalue weighted by molar-refractivity contribution is -0.121. The molecule has 0 bridgehead atoms. The molecule has 20 heavy (non-hydrogen) atoms. The van der Waals surface area contributed by atoms with Crippen LogP contribution in [0.15, 0.2) is 0 Å². The maximum atomic E-state index is 11.7. The monoisotopic (exact) mass is 304 g/mol. The van der Waals surface area contributed by atoms with Gasteiger partial charge in [0.1, 0.15) is 0 Å². The highest BCUT2D eigenvalue weighted by Crippen LogP contribution is 2.28. The Morgan fingerprint density at radius 1 is 1.15 bits per heavy atom. The Morgan fingerprint density at radius 3 is 2.60 bits per heavy atom. The minimum atomic E-state index is 0. The molecule has 1 heterocycles. The van der Waals surface area contributed by atoms with E-state index in [1.165, 1.54) is 25.7 Å². The molecule has 0 aromatic rings. The van der Waals surface area contributed by atoms with Crippen molar-refractivity contribution in [1.29, 1.82) is 0 Å². The van der Waals surface area contributed by atoms with Crippen molar-refractivity contribution in [3.05, 3.63) is 0 Å². The van der Waals surface area contributed by atoms with E-state index in [2.05, 4.69) is 10.6 Å². The topological polar surface area (TPSA) is 50.4 Å². The molecule has 0 aromatic heterocycles. The zero-order valence-electron chi connectivity index (χ0n) is 12.4. The van der Waals surface area contributed by atoms with E-state index in [0.29, 0.717) is 6.42 Å². The molecule has 1 aliphatic heterocycles. The fraction of sp³-hybridized carbons (Fsp3) is 0.933. The van der Waals surface area contributed by atoms with Crippen molar-refractivity contribution in [1.82, 2.24) is 10.6 Å².